The van der Waals surface area contributed by atoms with Crippen molar-refractivity contribution in [3.8, 4) is 0 Å². The average molecular weight is 417 g/mol. The van der Waals surface area contributed by atoms with Gasteiger partial charge in [-0.2, -0.15) is 0 Å². The average Bonchev–Trinajstić information content (AvgIpc) is 3.10. The Kier molecular flexibility index (Phi) is 6.38. The van der Waals surface area contributed by atoms with Crippen molar-refractivity contribution in [2.24, 2.45) is 0 Å². The standard InChI is InChI=1S/C20H19ClN3O5/c1-2-29-20(26)18(9-12-11-22-17-6-4-3-5-14(12)17)23-19(25)15-8-7-13(24(27)28)10-16(15)21/h3-8,10-11,18,22,27H,2,9H2,1H3,(H,23,25)/q-1/t18-/m1/s1. The molecule has 0 fully saturated rings. The molecule has 1 amide bonds. The molecule has 3 N–H and O–H groups in total. The van der Waals surface area contributed by atoms with Crippen LogP contribution in [0.5, 0.6) is 0 Å². The number of esters is 1. The lowest BCUT2D eigenvalue weighted by Crippen LogP contribution is -2.43. The summed E-state index contributed by atoms with van der Waals surface area (Å²) in [5.74, 6) is -1.17. The molecule has 8 nitrogen and oxygen atoms in total. The quantitative estimate of drug-likeness (QED) is 0.401. The number of anilines is 1. The fourth-order valence-corrected chi connectivity index (χ4v) is 3.26. The van der Waals surface area contributed by atoms with E-state index in [0.717, 1.165) is 22.5 Å². The maximum Gasteiger partial charge on any atom is 0.328 e. The Bertz CT molecular complexity index is 1030. The Balaban J connectivity index is 1.84. The van der Waals surface area contributed by atoms with Gasteiger partial charge in [0.1, 0.15) is 6.04 Å². The van der Waals surface area contributed by atoms with Gasteiger partial charge in [0, 0.05) is 23.5 Å². The number of ether oxygens (including phenoxy) is 1. The molecule has 0 saturated heterocycles. The van der Waals surface area contributed by atoms with E-state index in [1.807, 2.05) is 24.3 Å². The smallest absolute Gasteiger partial charge is 0.328 e. The lowest BCUT2D eigenvalue weighted by Gasteiger charge is -2.22. The minimum Gasteiger partial charge on any atom is -0.733 e. The van der Waals surface area contributed by atoms with Crippen LogP contribution in [0.3, 0.4) is 0 Å². The molecule has 3 rings (SSSR count). The Morgan fingerprint density at radius 3 is 2.76 bits per heavy atom. The molecule has 1 heterocycles. The highest BCUT2D eigenvalue weighted by Crippen LogP contribution is 2.23. The molecule has 0 unspecified atom stereocenters. The Morgan fingerprint density at radius 1 is 1.31 bits per heavy atom. The molecule has 2 aromatic carbocycles. The van der Waals surface area contributed by atoms with Crippen molar-refractivity contribution < 1.29 is 19.5 Å². The van der Waals surface area contributed by atoms with Gasteiger partial charge in [0.2, 0.25) is 0 Å². The van der Waals surface area contributed by atoms with Crippen LogP contribution in [0.2, 0.25) is 5.02 Å². The minimum absolute atomic E-state index is 0.0374. The predicted octanol–water partition coefficient (Wildman–Crippen LogP) is 3.42. The molecule has 152 valence electrons. The van der Waals surface area contributed by atoms with Crippen LogP contribution in [0.1, 0.15) is 22.8 Å². The molecule has 1 aromatic heterocycles. The van der Waals surface area contributed by atoms with Crippen molar-refractivity contribution in [3.05, 3.63) is 70.0 Å². The Hall–Kier alpha value is -3.07. The van der Waals surface area contributed by atoms with Crippen LogP contribution in [-0.2, 0) is 16.0 Å². The summed E-state index contributed by atoms with van der Waals surface area (Å²) in [4.78, 5) is 28.3. The summed E-state index contributed by atoms with van der Waals surface area (Å²) in [7, 11) is 0. The van der Waals surface area contributed by atoms with Crippen molar-refractivity contribution in [1.82, 2.24) is 10.3 Å². The second-order valence-corrected chi connectivity index (χ2v) is 6.69. The monoisotopic (exact) mass is 416 g/mol. The molecule has 29 heavy (non-hydrogen) atoms. The number of H-pyrrole nitrogens is 1. The first-order valence-electron chi connectivity index (χ1n) is 8.89. The van der Waals surface area contributed by atoms with Gasteiger partial charge in [-0.15, -0.1) is 0 Å². The topological polar surface area (TPSA) is 118 Å². The van der Waals surface area contributed by atoms with Gasteiger partial charge in [-0.25, -0.2) is 4.79 Å². The number of aromatic amines is 1. The molecule has 0 aliphatic heterocycles. The lowest BCUT2D eigenvalue weighted by atomic mass is 10.0. The molecular formula is C20H19ClN3O5-. The van der Waals surface area contributed by atoms with E-state index in [2.05, 4.69) is 10.3 Å². The van der Waals surface area contributed by atoms with E-state index in [9.17, 15) is 14.8 Å². The van der Waals surface area contributed by atoms with Gasteiger partial charge in [0.25, 0.3) is 5.91 Å². The fraction of sp³-hybridized carbons (Fsp3) is 0.200. The third-order valence-corrected chi connectivity index (χ3v) is 4.71. The fourth-order valence-electron chi connectivity index (χ4n) is 3.00. The number of carbonyl (C=O) groups is 2. The maximum absolute atomic E-state index is 12.7. The number of rotatable bonds is 7. The van der Waals surface area contributed by atoms with Crippen molar-refractivity contribution >= 4 is 40.1 Å². The van der Waals surface area contributed by atoms with Crippen molar-refractivity contribution in [3.63, 3.8) is 0 Å². The summed E-state index contributed by atoms with van der Waals surface area (Å²) in [5, 5.41) is 23.1. The molecule has 0 spiro atoms. The summed E-state index contributed by atoms with van der Waals surface area (Å²) in [5.41, 5.74) is 1.71. The zero-order chi connectivity index (χ0) is 21.0. The number of carbonyl (C=O) groups excluding carboxylic acids is 2. The third-order valence-electron chi connectivity index (χ3n) is 4.39. The van der Waals surface area contributed by atoms with E-state index in [-0.39, 0.29) is 34.5 Å². The second-order valence-electron chi connectivity index (χ2n) is 6.28. The predicted molar refractivity (Wildman–Crippen MR) is 109 cm³/mol. The van der Waals surface area contributed by atoms with E-state index in [0.29, 0.717) is 0 Å². The zero-order valence-corrected chi connectivity index (χ0v) is 16.3. The van der Waals surface area contributed by atoms with Crippen LogP contribution < -0.4 is 10.5 Å². The molecular weight excluding hydrogens is 398 g/mol. The Morgan fingerprint density at radius 2 is 2.07 bits per heavy atom. The maximum atomic E-state index is 12.7. The summed E-state index contributed by atoms with van der Waals surface area (Å²) in [6.07, 6.45) is 2.00. The summed E-state index contributed by atoms with van der Waals surface area (Å²) in [6, 6.07) is 10.4. The first-order valence-corrected chi connectivity index (χ1v) is 9.26. The van der Waals surface area contributed by atoms with Gasteiger partial charge < -0.3 is 25.5 Å². The highest BCUT2D eigenvalue weighted by atomic mass is 35.5. The van der Waals surface area contributed by atoms with E-state index in [4.69, 9.17) is 21.5 Å². The highest BCUT2D eigenvalue weighted by molar-refractivity contribution is 6.34. The van der Waals surface area contributed by atoms with Gasteiger partial charge in [0.05, 0.1) is 22.9 Å². The number of nitrogens with zero attached hydrogens (tertiary/aromatic N) is 1. The van der Waals surface area contributed by atoms with Gasteiger partial charge in [0.15, 0.2) is 0 Å². The van der Waals surface area contributed by atoms with Gasteiger partial charge in [-0.05, 0) is 36.8 Å². The lowest BCUT2D eigenvalue weighted by molar-refractivity contribution is -0.145. The van der Waals surface area contributed by atoms with Crippen LogP contribution in [-0.4, -0.2) is 34.7 Å². The molecule has 0 bridgehead atoms. The third kappa shape index (κ3) is 4.68. The zero-order valence-electron chi connectivity index (χ0n) is 15.5. The minimum atomic E-state index is -0.939. The molecule has 9 heteroatoms. The first-order chi connectivity index (χ1) is 13.9. The SMILES string of the molecule is CCOC(=O)[C@@H](Cc1c[nH]c2ccccc12)NC(=O)c1ccc(N([O-])O)cc1Cl. The van der Waals surface area contributed by atoms with E-state index in [1.54, 1.807) is 13.1 Å². The van der Waals surface area contributed by atoms with Crippen LogP contribution in [0.4, 0.5) is 5.69 Å². The first kappa shape index (κ1) is 20.7. The van der Waals surface area contributed by atoms with Gasteiger partial charge in [-0.3, -0.25) is 10.0 Å². The van der Waals surface area contributed by atoms with Crippen LogP contribution >= 0.6 is 11.6 Å². The molecule has 3 aromatic rings. The number of amides is 1. The number of fused-ring (bicyclic) bond motifs is 1. The Labute approximate surface area is 171 Å². The number of halogens is 1. The number of nitrogens with one attached hydrogen (secondary N) is 2. The largest absolute Gasteiger partial charge is 0.733 e. The van der Waals surface area contributed by atoms with Crippen LogP contribution in [0.25, 0.3) is 10.9 Å². The van der Waals surface area contributed by atoms with Crippen molar-refractivity contribution in [1.29, 1.82) is 0 Å². The van der Waals surface area contributed by atoms with Crippen molar-refractivity contribution in [2.45, 2.75) is 19.4 Å². The molecule has 0 aliphatic rings. The second kappa shape index (κ2) is 8.95. The van der Waals surface area contributed by atoms with Gasteiger partial charge in [-0.1, -0.05) is 29.8 Å². The summed E-state index contributed by atoms with van der Waals surface area (Å²) < 4.78 is 5.10. The highest BCUT2D eigenvalue weighted by Gasteiger charge is 2.25. The van der Waals surface area contributed by atoms with E-state index < -0.39 is 17.9 Å². The van der Waals surface area contributed by atoms with E-state index in [1.165, 1.54) is 12.1 Å². The normalized spacial score (nSPS) is 11.9. The summed E-state index contributed by atoms with van der Waals surface area (Å²) in [6.45, 7) is 1.85. The number of benzene rings is 2. The molecule has 0 aliphatic carbocycles. The van der Waals surface area contributed by atoms with Crippen molar-refractivity contribution in [2.75, 3.05) is 11.8 Å². The molecule has 1 atom stereocenters. The summed E-state index contributed by atoms with van der Waals surface area (Å²) >= 11 is 6.05. The number of para-hydroxylation sites is 1. The number of aromatic nitrogens is 1. The molecule has 0 saturated carbocycles. The van der Waals surface area contributed by atoms with Gasteiger partial charge >= 0.3 is 5.97 Å². The number of hydrogen-bond acceptors (Lipinski definition) is 6. The number of hydrogen-bond donors (Lipinski definition) is 3. The van der Waals surface area contributed by atoms with Crippen LogP contribution in [0.15, 0.2) is 48.7 Å². The van der Waals surface area contributed by atoms with E-state index >= 15 is 0 Å². The van der Waals surface area contributed by atoms with Crippen LogP contribution in [0, 0.1) is 5.21 Å². The molecule has 0 radical (unpaired) electrons.